The van der Waals surface area contributed by atoms with Crippen molar-refractivity contribution in [2.45, 2.75) is 45.1 Å². The first-order chi connectivity index (χ1) is 13.3. The van der Waals surface area contributed by atoms with Crippen molar-refractivity contribution >= 4 is 6.03 Å². The van der Waals surface area contributed by atoms with Gasteiger partial charge < -0.3 is 24.6 Å². The third-order valence-electron chi connectivity index (χ3n) is 6.00. The lowest BCUT2D eigenvalue weighted by atomic mass is 9.96. The highest BCUT2D eigenvalue weighted by atomic mass is 16.7. The van der Waals surface area contributed by atoms with E-state index in [-0.39, 0.29) is 12.8 Å². The van der Waals surface area contributed by atoms with E-state index >= 15 is 0 Å². The number of nitrogens with zero attached hydrogens (tertiary/aromatic N) is 2. The summed E-state index contributed by atoms with van der Waals surface area (Å²) in [6.45, 7) is 6.26. The maximum atomic E-state index is 12.5. The van der Waals surface area contributed by atoms with Gasteiger partial charge in [0, 0.05) is 26.2 Å². The lowest BCUT2D eigenvalue weighted by Gasteiger charge is -2.34. The Morgan fingerprint density at radius 1 is 1.00 bits per heavy atom. The molecule has 4 rings (SSSR count). The molecule has 1 N–H and O–H groups in total. The zero-order valence-corrected chi connectivity index (χ0v) is 16.1. The fraction of sp³-hybridized carbons (Fsp3) is 0.667. The zero-order chi connectivity index (χ0) is 18.5. The van der Waals surface area contributed by atoms with Crippen LogP contribution in [0.1, 0.15) is 44.1 Å². The molecule has 6 nitrogen and oxygen atoms in total. The second-order valence-electron chi connectivity index (χ2n) is 7.99. The molecular formula is C21H31N3O3. The molecule has 1 aromatic carbocycles. The first-order valence-electron chi connectivity index (χ1n) is 10.4. The van der Waals surface area contributed by atoms with E-state index in [4.69, 9.17) is 9.47 Å². The normalized spacial score (nSPS) is 21.1. The summed E-state index contributed by atoms with van der Waals surface area (Å²) in [7, 11) is 0. The lowest BCUT2D eigenvalue weighted by molar-refractivity contribution is 0.147. The van der Waals surface area contributed by atoms with Gasteiger partial charge in [-0.05, 0) is 62.4 Å². The number of fused-ring (bicyclic) bond motifs is 1. The first kappa shape index (κ1) is 18.4. The molecule has 0 saturated carbocycles. The number of hydrogen-bond donors (Lipinski definition) is 1. The summed E-state index contributed by atoms with van der Waals surface area (Å²) in [5.74, 6) is 2.27. The standard InChI is InChI=1S/C21H31N3O3/c25-21(22-14-18-5-6-19-20(13-18)27-16-26-19)24-11-7-17(8-12-24)15-23-9-3-1-2-4-10-23/h5-6,13,17H,1-4,7-12,14-16H2,(H,22,25). The summed E-state index contributed by atoms with van der Waals surface area (Å²) < 4.78 is 10.7. The number of carbonyl (C=O) groups excluding carboxylic acids is 1. The minimum absolute atomic E-state index is 0.0425. The van der Waals surface area contributed by atoms with Crippen LogP contribution < -0.4 is 14.8 Å². The van der Waals surface area contributed by atoms with Crippen molar-refractivity contribution in [3.05, 3.63) is 23.8 Å². The third-order valence-corrected chi connectivity index (χ3v) is 6.00. The average Bonchev–Trinajstić information content (AvgIpc) is 3.02. The van der Waals surface area contributed by atoms with Crippen LogP contribution in [0.5, 0.6) is 11.5 Å². The fourth-order valence-electron chi connectivity index (χ4n) is 4.34. The number of carbonyl (C=O) groups is 1. The van der Waals surface area contributed by atoms with Crippen LogP contribution >= 0.6 is 0 Å². The number of benzene rings is 1. The summed E-state index contributed by atoms with van der Waals surface area (Å²) in [4.78, 5) is 17.1. The van der Waals surface area contributed by atoms with Crippen LogP contribution in [0.4, 0.5) is 4.79 Å². The second kappa shape index (κ2) is 8.83. The van der Waals surface area contributed by atoms with Crippen molar-refractivity contribution in [1.82, 2.24) is 15.1 Å². The number of hydrogen-bond acceptors (Lipinski definition) is 4. The predicted octanol–water partition coefficient (Wildman–Crippen LogP) is 3.21. The number of nitrogens with one attached hydrogen (secondary N) is 1. The molecule has 27 heavy (non-hydrogen) atoms. The van der Waals surface area contributed by atoms with Crippen molar-refractivity contribution in [3.63, 3.8) is 0 Å². The third kappa shape index (κ3) is 4.86. The van der Waals surface area contributed by atoms with Crippen LogP contribution in [0.2, 0.25) is 0 Å². The molecule has 0 aromatic heterocycles. The molecule has 0 aliphatic carbocycles. The van der Waals surface area contributed by atoms with Crippen molar-refractivity contribution in [1.29, 1.82) is 0 Å². The van der Waals surface area contributed by atoms with Crippen LogP contribution in [0, 0.1) is 5.92 Å². The minimum Gasteiger partial charge on any atom is -0.454 e. The largest absolute Gasteiger partial charge is 0.454 e. The molecule has 3 heterocycles. The molecule has 1 aromatic rings. The quantitative estimate of drug-likeness (QED) is 0.881. The monoisotopic (exact) mass is 373 g/mol. The second-order valence-corrected chi connectivity index (χ2v) is 7.99. The van der Waals surface area contributed by atoms with Gasteiger partial charge in [-0.15, -0.1) is 0 Å². The van der Waals surface area contributed by atoms with E-state index < -0.39 is 0 Å². The average molecular weight is 373 g/mol. The van der Waals surface area contributed by atoms with Gasteiger partial charge in [-0.25, -0.2) is 4.79 Å². The molecule has 0 unspecified atom stereocenters. The molecule has 3 aliphatic rings. The Bertz CT molecular complexity index is 636. The summed E-state index contributed by atoms with van der Waals surface area (Å²) in [5.41, 5.74) is 1.03. The Morgan fingerprint density at radius 3 is 2.52 bits per heavy atom. The Kier molecular flexibility index (Phi) is 6.02. The molecule has 0 bridgehead atoms. The number of likely N-dealkylation sites (tertiary alicyclic amines) is 2. The van der Waals surface area contributed by atoms with Crippen molar-refractivity contribution < 1.29 is 14.3 Å². The summed E-state index contributed by atoms with van der Waals surface area (Å²) in [6, 6.07) is 5.86. The molecule has 2 fully saturated rings. The van der Waals surface area contributed by atoms with Gasteiger partial charge in [0.05, 0.1) is 0 Å². The molecule has 2 saturated heterocycles. The smallest absolute Gasteiger partial charge is 0.317 e. The minimum atomic E-state index is 0.0425. The number of amides is 2. The number of ether oxygens (including phenoxy) is 2. The number of piperidine rings is 1. The van der Waals surface area contributed by atoms with Gasteiger partial charge >= 0.3 is 6.03 Å². The molecule has 0 spiro atoms. The summed E-state index contributed by atoms with van der Waals surface area (Å²) in [6.07, 6.45) is 7.71. The summed E-state index contributed by atoms with van der Waals surface area (Å²) in [5, 5.41) is 3.04. The molecule has 148 valence electrons. The first-order valence-corrected chi connectivity index (χ1v) is 10.4. The van der Waals surface area contributed by atoms with Crippen molar-refractivity contribution in [2.24, 2.45) is 5.92 Å². The van der Waals surface area contributed by atoms with E-state index in [1.54, 1.807) is 0 Å². The Hall–Kier alpha value is -1.95. The zero-order valence-electron chi connectivity index (χ0n) is 16.1. The highest BCUT2D eigenvalue weighted by molar-refractivity contribution is 5.74. The predicted molar refractivity (Wildman–Crippen MR) is 104 cm³/mol. The van der Waals surface area contributed by atoms with Crippen molar-refractivity contribution in [2.75, 3.05) is 39.5 Å². The van der Waals surface area contributed by atoms with Gasteiger partial charge in [0.15, 0.2) is 11.5 Å². The van der Waals surface area contributed by atoms with Gasteiger partial charge in [-0.3, -0.25) is 0 Å². The van der Waals surface area contributed by atoms with Crippen LogP contribution in [0.15, 0.2) is 18.2 Å². The molecule has 2 amide bonds. The van der Waals surface area contributed by atoms with Crippen molar-refractivity contribution in [3.8, 4) is 11.5 Å². The number of rotatable bonds is 4. The summed E-state index contributed by atoms with van der Waals surface area (Å²) >= 11 is 0. The van der Waals surface area contributed by atoms with E-state index in [1.165, 1.54) is 45.3 Å². The van der Waals surface area contributed by atoms with Crippen LogP contribution in [0.3, 0.4) is 0 Å². The van der Waals surface area contributed by atoms with Gasteiger partial charge in [-0.2, -0.15) is 0 Å². The lowest BCUT2D eigenvalue weighted by Crippen LogP contribution is -2.45. The van der Waals surface area contributed by atoms with Gasteiger partial charge in [0.2, 0.25) is 6.79 Å². The Balaban J connectivity index is 1.19. The molecule has 3 aliphatic heterocycles. The van der Waals surface area contributed by atoms with E-state index in [2.05, 4.69) is 10.2 Å². The van der Waals surface area contributed by atoms with Crippen LogP contribution in [-0.4, -0.2) is 55.3 Å². The van der Waals surface area contributed by atoms with Crippen LogP contribution in [0.25, 0.3) is 0 Å². The maximum Gasteiger partial charge on any atom is 0.317 e. The van der Waals surface area contributed by atoms with Gasteiger partial charge in [-0.1, -0.05) is 18.9 Å². The highest BCUT2D eigenvalue weighted by Crippen LogP contribution is 2.32. The van der Waals surface area contributed by atoms with E-state index in [0.717, 1.165) is 48.9 Å². The highest BCUT2D eigenvalue weighted by Gasteiger charge is 2.24. The Morgan fingerprint density at radius 2 is 1.74 bits per heavy atom. The fourth-order valence-corrected chi connectivity index (χ4v) is 4.34. The van der Waals surface area contributed by atoms with E-state index in [9.17, 15) is 4.79 Å². The van der Waals surface area contributed by atoms with Gasteiger partial charge in [0.25, 0.3) is 0 Å². The number of urea groups is 1. The molecule has 0 radical (unpaired) electrons. The Labute approximate surface area is 161 Å². The van der Waals surface area contributed by atoms with E-state index in [0.29, 0.717) is 6.54 Å². The SMILES string of the molecule is O=C(NCc1ccc2c(c1)OCO2)N1CCC(CN2CCCCCC2)CC1. The molecule has 6 heteroatoms. The van der Waals surface area contributed by atoms with Crippen LogP contribution in [-0.2, 0) is 6.54 Å². The topological polar surface area (TPSA) is 54.0 Å². The maximum absolute atomic E-state index is 12.5. The van der Waals surface area contributed by atoms with E-state index in [1.807, 2.05) is 23.1 Å². The molecule has 0 atom stereocenters. The van der Waals surface area contributed by atoms with Gasteiger partial charge in [0.1, 0.15) is 0 Å². The molecular weight excluding hydrogens is 342 g/mol.